The number of rotatable bonds is 1. The normalized spacial score (nSPS) is 11.3. The Morgan fingerprint density at radius 3 is 3.00 bits per heavy atom. The van der Waals surface area contributed by atoms with Crippen LogP contribution in [0.15, 0.2) is 43.0 Å². The molecule has 0 unspecified atom stereocenters. The molecule has 0 bridgehead atoms. The lowest BCUT2D eigenvalue weighted by atomic mass is 10.3. The van der Waals surface area contributed by atoms with Gasteiger partial charge in [-0.05, 0) is 12.1 Å². The van der Waals surface area contributed by atoms with Crippen molar-refractivity contribution in [2.75, 3.05) is 0 Å². The van der Waals surface area contributed by atoms with Gasteiger partial charge in [-0.2, -0.15) is 10.1 Å². The van der Waals surface area contributed by atoms with Crippen LogP contribution in [0.5, 0.6) is 0 Å². The molecule has 0 fully saturated rings. The van der Waals surface area contributed by atoms with Crippen LogP contribution < -0.4 is 0 Å². The zero-order valence-corrected chi connectivity index (χ0v) is 9.17. The largest absolute Gasteiger partial charge is 0.252 e. The predicted octanol–water partition coefficient (Wildman–Crippen LogP) is 0.858. The quantitative estimate of drug-likeness (QED) is 0.491. The van der Waals surface area contributed by atoms with Crippen molar-refractivity contribution >= 4 is 16.8 Å². The molecule has 0 atom stereocenters. The lowest BCUT2D eigenvalue weighted by molar-refractivity contribution is 0.802. The Morgan fingerprint density at radius 1 is 1.06 bits per heavy atom. The summed E-state index contributed by atoms with van der Waals surface area (Å²) in [5, 5.41) is 12.3. The van der Waals surface area contributed by atoms with Crippen LogP contribution in [0, 0.1) is 0 Å². The van der Waals surface area contributed by atoms with Crippen molar-refractivity contribution < 1.29 is 0 Å². The summed E-state index contributed by atoms with van der Waals surface area (Å²) in [4.78, 5) is 8.20. The van der Waals surface area contributed by atoms with Gasteiger partial charge in [0.2, 0.25) is 0 Å². The second kappa shape index (κ2) is 3.33. The van der Waals surface area contributed by atoms with Gasteiger partial charge in [-0.15, -0.1) is 5.10 Å². The fourth-order valence-electron chi connectivity index (χ4n) is 1.88. The van der Waals surface area contributed by atoms with E-state index in [0.717, 1.165) is 16.7 Å². The minimum absolute atomic E-state index is 0.558. The van der Waals surface area contributed by atoms with Crippen LogP contribution in [-0.4, -0.2) is 34.6 Å². The van der Waals surface area contributed by atoms with E-state index in [1.165, 1.54) is 6.33 Å². The van der Waals surface area contributed by atoms with Crippen molar-refractivity contribution in [2.45, 2.75) is 0 Å². The molecule has 0 radical (unpaired) electrons. The van der Waals surface area contributed by atoms with E-state index < -0.39 is 0 Å². The first-order chi connectivity index (χ1) is 8.92. The van der Waals surface area contributed by atoms with E-state index in [0.29, 0.717) is 5.78 Å². The van der Waals surface area contributed by atoms with E-state index in [4.69, 9.17) is 0 Å². The predicted molar refractivity (Wildman–Crippen MR) is 63.2 cm³/mol. The molecular formula is C11H7N7. The van der Waals surface area contributed by atoms with E-state index >= 15 is 0 Å². The van der Waals surface area contributed by atoms with Gasteiger partial charge in [0.1, 0.15) is 17.5 Å². The van der Waals surface area contributed by atoms with Crippen LogP contribution in [0.4, 0.5) is 0 Å². The van der Waals surface area contributed by atoms with Crippen molar-refractivity contribution in [3.05, 3.63) is 43.0 Å². The van der Waals surface area contributed by atoms with Gasteiger partial charge < -0.3 is 0 Å². The Bertz CT molecular complexity index is 844. The molecule has 0 saturated carbocycles. The maximum Gasteiger partial charge on any atom is 0.252 e. The number of aromatic nitrogens is 7. The molecule has 0 saturated heterocycles. The minimum atomic E-state index is 0.558. The number of para-hydroxylation sites is 1. The second-order valence-corrected chi connectivity index (χ2v) is 3.81. The molecule has 18 heavy (non-hydrogen) atoms. The number of fused-ring (bicyclic) bond motifs is 2. The van der Waals surface area contributed by atoms with Gasteiger partial charge in [-0.1, -0.05) is 17.3 Å². The maximum absolute atomic E-state index is 4.20. The van der Waals surface area contributed by atoms with Gasteiger partial charge in [0.05, 0.1) is 17.9 Å². The van der Waals surface area contributed by atoms with Gasteiger partial charge >= 0.3 is 0 Å². The smallest absolute Gasteiger partial charge is 0.217 e. The zero-order chi connectivity index (χ0) is 11.9. The van der Waals surface area contributed by atoms with Crippen molar-refractivity contribution in [3.8, 4) is 5.69 Å². The first kappa shape index (κ1) is 9.23. The van der Waals surface area contributed by atoms with Crippen molar-refractivity contribution in [3.63, 3.8) is 0 Å². The molecule has 0 amide bonds. The summed E-state index contributed by atoms with van der Waals surface area (Å²) >= 11 is 0. The van der Waals surface area contributed by atoms with Gasteiger partial charge in [0.25, 0.3) is 5.78 Å². The van der Waals surface area contributed by atoms with E-state index in [1.54, 1.807) is 15.4 Å². The molecule has 1 aromatic carbocycles. The average Bonchev–Trinajstić information content (AvgIpc) is 3.04. The molecule has 4 rings (SSSR count). The van der Waals surface area contributed by atoms with Gasteiger partial charge in [0, 0.05) is 0 Å². The highest BCUT2D eigenvalue weighted by molar-refractivity contribution is 5.75. The van der Waals surface area contributed by atoms with Crippen LogP contribution in [0.1, 0.15) is 0 Å². The number of hydrogen-bond donors (Lipinski definition) is 0. The Kier molecular flexibility index (Phi) is 1.71. The number of hydrogen-bond acceptors (Lipinski definition) is 5. The van der Waals surface area contributed by atoms with Crippen LogP contribution in [-0.2, 0) is 0 Å². The monoisotopic (exact) mass is 237 g/mol. The van der Waals surface area contributed by atoms with Crippen LogP contribution in [0.3, 0.4) is 0 Å². The molecule has 0 N–H and O–H groups in total. The second-order valence-electron chi connectivity index (χ2n) is 3.81. The molecule has 86 valence electrons. The standard InChI is InChI=1S/C11H7N7/c1-2-4-10-9(3-1)15-16-18(10)8-5-12-11-13-7-14-17(11)6-8/h1-7H. The summed E-state index contributed by atoms with van der Waals surface area (Å²) in [5.74, 6) is 0.558. The van der Waals surface area contributed by atoms with Crippen molar-refractivity contribution in [2.24, 2.45) is 0 Å². The highest BCUT2D eigenvalue weighted by Gasteiger charge is 2.07. The Morgan fingerprint density at radius 2 is 2.00 bits per heavy atom. The summed E-state index contributed by atoms with van der Waals surface area (Å²) in [5.41, 5.74) is 2.57. The third-order valence-electron chi connectivity index (χ3n) is 2.72. The molecule has 0 aliphatic carbocycles. The van der Waals surface area contributed by atoms with E-state index in [-0.39, 0.29) is 0 Å². The molecule has 3 heterocycles. The van der Waals surface area contributed by atoms with Crippen LogP contribution in [0.25, 0.3) is 22.5 Å². The molecule has 0 spiro atoms. The SMILES string of the molecule is c1ccc2c(c1)nnn2-c1cnc2ncnn2c1. The summed E-state index contributed by atoms with van der Waals surface area (Å²) in [6.45, 7) is 0. The van der Waals surface area contributed by atoms with Gasteiger partial charge in [0.15, 0.2) is 0 Å². The first-order valence-electron chi connectivity index (χ1n) is 5.38. The summed E-state index contributed by atoms with van der Waals surface area (Å²) in [7, 11) is 0. The number of nitrogens with zero attached hydrogens (tertiary/aromatic N) is 7. The molecule has 0 aliphatic rings. The molecule has 7 nitrogen and oxygen atoms in total. The summed E-state index contributed by atoms with van der Waals surface area (Å²) in [6.07, 6.45) is 4.98. The third kappa shape index (κ3) is 1.21. The molecule has 7 heteroatoms. The summed E-state index contributed by atoms with van der Waals surface area (Å²) < 4.78 is 3.33. The van der Waals surface area contributed by atoms with Gasteiger partial charge in [-0.25, -0.2) is 14.2 Å². The Labute approximate surface area is 101 Å². The van der Waals surface area contributed by atoms with E-state index in [2.05, 4.69) is 25.4 Å². The fraction of sp³-hybridized carbons (Fsp3) is 0. The highest BCUT2D eigenvalue weighted by Crippen LogP contribution is 2.14. The van der Waals surface area contributed by atoms with Crippen molar-refractivity contribution in [1.29, 1.82) is 0 Å². The maximum atomic E-state index is 4.20. The van der Waals surface area contributed by atoms with E-state index in [1.807, 2.05) is 30.5 Å². The minimum Gasteiger partial charge on any atom is -0.217 e. The van der Waals surface area contributed by atoms with Crippen LogP contribution >= 0.6 is 0 Å². The Balaban J connectivity index is 2.00. The third-order valence-corrected chi connectivity index (χ3v) is 2.72. The molecule has 0 aliphatic heterocycles. The lowest BCUT2D eigenvalue weighted by Crippen LogP contribution is -2.01. The molecule has 3 aromatic heterocycles. The number of benzene rings is 1. The zero-order valence-electron chi connectivity index (χ0n) is 9.17. The molecule has 4 aromatic rings. The molecular weight excluding hydrogens is 230 g/mol. The van der Waals surface area contributed by atoms with E-state index in [9.17, 15) is 0 Å². The lowest BCUT2D eigenvalue weighted by Gasteiger charge is -2.01. The van der Waals surface area contributed by atoms with Crippen LogP contribution in [0.2, 0.25) is 0 Å². The van der Waals surface area contributed by atoms with Gasteiger partial charge in [-0.3, -0.25) is 0 Å². The fourth-order valence-corrected chi connectivity index (χ4v) is 1.88. The topological polar surface area (TPSA) is 73.8 Å². The van der Waals surface area contributed by atoms with Crippen molar-refractivity contribution in [1.82, 2.24) is 34.6 Å². The Hall–Kier alpha value is -2.83. The average molecular weight is 237 g/mol. The highest BCUT2D eigenvalue weighted by atomic mass is 15.4. The first-order valence-corrected chi connectivity index (χ1v) is 5.38. The summed E-state index contributed by atoms with van der Waals surface area (Å²) in [6, 6.07) is 7.75.